The Bertz CT molecular complexity index is 755. The summed E-state index contributed by atoms with van der Waals surface area (Å²) in [5.41, 5.74) is 0.261. The van der Waals surface area contributed by atoms with Gasteiger partial charge >= 0.3 is 5.97 Å². The summed E-state index contributed by atoms with van der Waals surface area (Å²) in [7, 11) is 0. The second-order valence-corrected chi connectivity index (χ2v) is 5.31. The van der Waals surface area contributed by atoms with Gasteiger partial charge in [-0.15, -0.1) is 0 Å². The van der Waals surface area contributed by atoms with Crippen molar-refractivity contribution in [2.75, 3.05) is 0 Å². The van der Waals surface area contributed by atoms with Gasteiger partial charge in [0.05, 0.1) is 0 Å². The van der Waals surface area contributed by atoms with Gasteiger partial charge in [-0.1, -0.05) is 36.4 Å². The second kappa shape index (κ2) is 6.04. The number of nitrogens with zero attached hydrogens (tertiary/aromatic N) is 1. The number of rotatable bonds is 4. The fraction of sp³-hybridized carbons (Fsp3) is 0.167. The Morgan fingerprint density at radius 3 is 2.70 bits per heavy atom. The molecule has 0 aliphatic carbocycles. The summed E-state index contributed by atoms with van der Waals surface area (Å²) in [4.78, 5) is 28.3. The molecule has 1 aromatic heterocycles. The number of ketones is 1. The molecule has 3 rings (SSSR count). The van der Waals surface area contributed by atoms with E-state index in [0.717, 1.165) is 5.56 Å². The average molecular weight is 309 g/mol. The van der Waals surface area contributed by atoms with Gasteiger partial charge in [0.2, 0.25) is 11.5 Å². The standard InChI is InChI=1S/C18H15NO4/c1-18(14-7-3-2-4-8-14)16(20)10-15(23-18)17(21)22-12-13-6-5-9-19-11-13/h2-11H,12H2,1H3. The van der Waals surface area contributed by atoms with Gasteiger partial charge in [-0.3, -0.25) is 9.78 Å². The molecule has 1 aromatic carbocycles. The van der Waals surface area contributed by atoms with E-state index in [4.69, 9.17) is 9.47 Å². The highest BCUT2D eigenvalue weighted by molar-refractivity contribution is 6.06. The Hall–Kier alpha value is -2.95. The van der Waals surface area contributed by atoms with E-state index in [1.165, 1.54) is 6.08 Å². The average Bonchev–Trinajstić information content (AvgIpc) is 2.91. The van der Waals surface area contributed by atoms with Gasteiger partial charge in [0.25, 0.3) is 0 Å². The van der Waals surface area contributed by atoms with Crippen molar-refractivity contribution < 1.29 is 19.1 Å². The highest BCUT2D eigenvalue weighted by Crippen LogP contribution is 2.35. The second-order valence-electron chi connectivity index (χ2n) is 5.31. The first-order chi connectivity index (χ1) is 11.1. The highest BCUT2D eigenvalue weighted by Gasteiger charge is 2.44. The topological polar surface area (TPSA) is 65.5 Å². The summed E-state index contributed by atoms with van der Waals surface area (Å²) in [6, 6.07) is 12.6. The lowest BCUT2D eigenvalue weighted by Crippen LogP contribution is -2.30. The SMILES string of the molecule is CC1(c2ccccc2)OC(C(=O)OCc2cccnc2)=CC1=O. The molecule has 1 atom stereocenters. The number of esters is 1. The van der Waals surface area contributed by atoms with Gasteiger partial charge in [-0.25, -0.2) is 4.79 Å². The Balaban J connectivity index is 1.69. The lowest BCUT2D eigenvalue weighted by atomic mass is 9.92. The minimum Gasteiger partial charge on any atom is -0.467 e. The van der Waals surface area contributed by atoms with Crippen LogP contribution in [0.25, 0.3) is 0 Å². The number of carbonyl (C=O) groups excluding carboxylic acids is 2. The minimum atomic E-state index is -1.19. The summed E-state index contributed by atoms with van der Waals surface area (Å²) < 4.78 is 10.8. The summed E-state index contributed by atoms with van der Waals surface area (Å²) in [6.45, 7) is 1.71. The zero-order chi connectivity index (χ0) is 16.3. The first-order valence-electron chi connectivity index (χ1n) is 7.16. The highest BCUT2D eigenvalue weighted by atomic mass is 16.6. The number of aromatic nitrogens is 1. The third-order valence-corrected chi connectivity index (χ3v) is 3.67. The number of pyridine rings is 1. The molecule has 0 N–H and O–H groups in total. The van der Waals surface area contributed by atoms with Crippen LogP contribution in [-0.2, 0) is 31.3 Å². The molecule has 0 spiro atoms. The number of carbonyl (C=O) groups is 2. The van der Waals surface area contributed by atoms with Gasteiger partial charge in [0, 0.05) is 29.6 Å². The molecule has 0 saturated carbocycles. The predicted molar refractivity (Wildman–Crippen MR) is 82.0 cm³/mol. The van der Waals surface area contributed by atoms with Crippen molar-refractivity contribution in [3.8, 4) is 0 Å². The van der Waals surface area contributed by atoms with Crippen molar-refractivity contribution >= 4 is 11.8 Å². The first-order valence-corrected chi connectivity index (χ1v) is 7.16. The molecule has 2 aromatic rings. The van der Waals surface area contributed by atoms with E-state index < -0.39 is 11.6 Å². The molecule has 116 valence electrons. The molecule has 0 fully saturated rings. The normalized spacial score (nSPS) is 19.9. The molecular formula is C18H15NO4. The molecule has 1 aliphatic heterocycles. The number of ether oxygens (including phenoxy) is 2. The molecule has 23 heavy (non-hydrogen) atoms. The molecule has 0 saturated heterocycles. The van der Waals surface area contributed by atoms with Crippen LogP contribution in [0.15, 0.2) is 66.7 Å². The van der Waals surface area contributed by atoms with Crippen LogP contribution < -0.4 is 0 Å². The summed E-state index contributed by atoms with van der Waals surface area (Å²) in [5, 5.41) is 0. The first kappa shape index (κ1) is 15.0. The third kappa shape index (κ3) is 2.99. The van der Waals surface area contributed by atoms with Crippen LogP contribution in [0.5, 0.6) is 0 Å². The third-order valence-electron chi connectivity index (χ3n) is 3.67. The van der Waals surface area contributed by atoms with Gasteiger partial charge in [0.1, 0.15) is 6.61 Å². The van der Waals surface area contributed by atoms with Crippen LogP contribution in [-0.4, -0.2) is 16.7 Å². The zero-order valence-corrected chi connectivity index (χ0v) is 12.6. The Morgan fingerprint density at radius 1 is 1.22 bits per heavy atom. The van der Waals surface area contributed by atoms with Crippen LogP contribution in [0.1, 0.15) is 18.1 Å². The van der Waals surface area contributed by atoms with E-state index in [2.05, 4.69) is 4.98 Å². The maximum atomic E-state index is 12.3. The quantitative estimate of drug-likeness (QED) is 0.812. The Morgan fingerprint density at radius 2 is 2.00 bits per heavy atom. The summed E-state index contributed by atoms with van der Waals surface area (Å²) in [6.07, 6.45) is 4.44. The Kier molecular flexibility index (Phi) is 3.93. The minimum absolute atomic E-state index is 0.0730. The van der Waals surface area contributed by atoms with E-state index in [0.29, 0.717) is 5.56 Å². The van der Waals surface area contributed by atoms with Crippen molar-refractivity contribution in [1.29, 1.82) is 0 Å². The largest absolute Gasteiger partial charge is 0.467 e. The van der Waals surface area contributed by atoms with Crippen molar-refractivity contribution in [3.63, 3.8) is 0 Å². The van der Waals surface area contributed by atoms with Crippen molar-refractivity contribution in [2.24, 2.45) is 0 Å². The lowest BCUT2D eigenvalue weighted by Gasteiger charge is -2.23. The molecule has 5 heteroatoms. The monoisotopic (exact) mass is 309 g/mol. The molecule has 0 bridgehead atoms. The van der Waals surface area contributed by atoms with E-state index in [1.54, 1.807) is 43.6 Å². The van der Waals surface area contributed by atoms with Crippen molar-refractivity contribution in [2.45, 2.75) is 19.1 Å². The lowest BCUT2D eigenvalue weighted by molar-refractivity contribution is -0.147. The molecule has 5 nitrogen and oxygen atoms in total. The maximum absolute atomic E-state index is 12.3. The number of hydrogen-bond donors (Lipinski definition) is 0. The number of benzene rings is 1. The summed E-state index contributed by atoms with van der Waals surface area (Å²) in [5.74, 6) is -1.02. The van der Waals surface area contributed by atoms with Gasteiger partial charge in [-0.2, -0.15) is 0 Å². The fourth-order valence-electron chi connectivity index (χ4n) is 2.32. The predicted octanol–water partition coefficient (Wildman–Crippen LogP) is 2.52. The van der Waals surface area contributed by atoms with Gasteiger partial charge in [0.15, 0.2) is 5.60 Å². The van der Waals surface area contributed by atoms with Crippen molar-refractivity contribution in [3.05, 3.63) is 77.8 Å². The molecule has 1 unspecified atom stereocenters. The van der Waals surface area contributed by atoms with E-state index >= 15 is 0 Å². The maximum Gasteiger partial charge on any atom is 0.374 e. The van der Waals surface area contributed by atoms with Crippen LogP contribution in [0, 0.1) is 0 Å². The Labute approximate surface area is 133 Å². The fourth-order valence-corrected chi connectivity index (χ4v) is 2.32. The summed E-state index contributed by atoms with van der Waals surface area (Å²) >= 11 is 0. The van der Waals surface area contributed by atoms with Crippen LogP contribution in [0.2, 0.25) is 0 Å². The van der Waals surface area contributed by atoms with Gasteiger partial charge in [-0.05, 0) is 13.0 Å². The van der Waals surface area contributed by atoms with Crippen LogP contribution >= 0.6 is 0 Å². The van der Waals surface area contributed by atoms with E-state index in [9.17, 15) is 9.59 Å². The van der Waals surface area contributed by atoms with Crippen molar-refractivity contribution in [1.82, 2.24) is 4.98 Å². The smallest absolute Gasteiger partial charge is 0.374 e. The van der Waals surface area contributed by atoms with Crippen LogP contribution in [0.3, 0.4) is 0 Å². The molecule has 0 radical (unpaired) electrons. The van der Waals surface area contributed by atoms with E-state index in [-0.39, 0.29) is 18.1 Å². The van der Waals surface area contributed by atoms with Crippen LogP contribution in [0.4, 0.5) is 0 Å². The van der Waals surface area contributed by atoms with E-state index in [1.807, 2.05) is 18.2 Å². The van der Waals surface area contributed by atoms with Gasteiger partial charge < -0.3 is 9.47 Å². The molecule has 1 aliphatic rings. The zero-order valence-electron chi connectivity index (χ0n) is 12.6. The number of hydrogen-bond acceptors (Lipinski definition) is 5. The molecule has 0 amide bonds. The molecule has 2 heterocycles. The molecular weight excluding hydrogens is 294 g/mol.